The Bertz CT molecular complexity index is 753. The van der Waals surface area contributed by atoms with E-state index in [1.54, 1.807) is 0 Å². The van der Waals surface area contributed by atoms with E-state index in [1.165, 1.54) is 116 Å². The molecule has 2 unspecified atom stereocenters. The second-order valence-corrected chi connectivity index (χ2v) is 15.1. The van der Waals surface area contributed by atoms with Crippen molar-refractivity contribution in [2.75, 3.05) is 13.2 Å². The standard InChI is InChI=1S/C43H82O6/c1-6-9-10-11-16-25-30-35-43(46)49-40(37-48-42(45)34-29-24-20-19-22-27-32-39(5)8-3)36-47-41(44)33-28-23-18-15-13-12-14-17-21-26-31-38(4)7-2/h38-40H,6-37H2,1-5H3/t38?,39?,40-/m0/s1. The molecule has 0 rings (SSSR count). The molecule has 290 valence electrons. The molecule has 0 fully saturated rings. The monoisotopic (exact) mass is 695 g/mol. The molecule has 0 amide bonds. The van der Waals surface area contributed by atoms with E-state index < -0.39 is 6.10 Å². The van der Waals surface area contributed by atoms with Gasteiger partial charge in [-0.3, -0.25) is 14.4 Å². The van der Waals surface area contributed by atoms with Gasteiger partial charge in [-0.25, -0.2) is 0 Å². The van der Waals surface area contributed by atoms with Crippen LogP contribution in [0.2, 0.25) is 0 Å². The zero-order valence-electron chi connectivity index (χ0n) is 33.3. The molecule has 6 nitrogen and oxygen atoms in total. The first kappa shape index (κ1) is 47.4. The maximum absolute atomic E-state index is 12.6. The lowest BCUT2D eigenvalue weighted by atomic mass is 9.99. The summed E-state index contributed by atoms with van der Waals surface area (Å²) in [6, 6.07) is 0. The number of ether oxygens (including phenoxy) is 3. The minimum absolute atomic E-state index is 0.0666. The van der Waals surface area contributed by atoms with Crippen LogP contribution in [0.3, 0.4) is 0 Å². The third kappa shape index (κ3) is 34.6. The summed E-state index contributed by atoms with van der Waals surface area (Å²) in [5, 5.41) is 0. The van der Waals surface area contributed by atoms with Gasteiger partial charge in [0.15, 0.2) is 6.10 Å². The van der Waals surface area contributed by atoms with Crippen molar-refractivity contribution in [2.24, 2.45) is 11.8 Å². The van der Waals surface area contributed by atoms with Gasteiger partial charge >= 0.3 is 17.9 Å². The summed E-state index contributed by atoms with van der Waals surface area (Å²) < 4.78 is 16.6. The normalized spacial score (nSPS) is 13.2. The van der Waals surface area contributed by atoms with Crippen LogP contribution >= 0.6 is 0 Å². The molecule has 0 bridgehead atoms. The first-order valence-electron chi connectivity index (χ1n) is 21.3. The van der Waals surface area contributed by atoms with Crippen LogP contribution < -0.4 is 0 Å². The van der Waals surface area contributed by atoms with E-state index in [9.17, 15) is 14.4 Å². The largest absolute Gasteiger partial charge is 0.462 e. The molecule has 0 heterocycles. The number of carbonyl (C=O) groups excluding carboxylic acids is 3. The molecule has 3 atom stereocenters. The summed E-state index contributed by atoms with van der Waals surface area (Å²) >= 11 is 0. The van der Waals surface area contributed by atoms with Gasteiger partial charge in [-0.1, -0.05) is 189 Å². The molecule has 49 heavy (non-hydrogen) atoms. The average Bonchev–Trinajstić information content (AvgIpc) is 3.10. The van der Waals surface area contributed by atoms with Gasteiger partial charge in [0.25, 0.3) is 0 Å². The minimum atomic E-state index is -0.759. The van der Waals surface area contributed by atoms with Gasteiger partial charge in [0, 0.05) is 19.3 Å². The van der Waals surface area contributed by atoms with Crippen LogP contribution in [0.25, 0.3) is 0 Å². The number of hydrogen-bond donors (Lipinski definition) is 0. The third-order valence-electron chi connectivity index (χ3n) is 10.2. The lowest BCUT2D eigenvalue weighted by Gasteiger charge is -2.18. The van der Waals surface area contributed by atoms with Crippen molar-refractivity contribution in [2.45, 2.75) is 233 Å². The van der Waals surface area contributed by atoms with Crippen molar-refractivity contribution in [1.82, 2.24) is 0 Å². The van der Waals surface area contributed by atoms with Gasteiger partial charge in [0.1, 0.15) is 13.2 Å². The third-order valence-corrected chi connectivity index (χ3v) is 10.2. The maximum Gasteiger partial charge on any atom is 0.306 e. The fourth-order valence-corrected chi connectivity index (χ4v) is 6.16. The van der Waals surface area contributed by atoms with Crippen LogP contribution in [0, 0.1) is 11.8 Å². The van der Waals surface area contributed by atoms with Crippen LogP contribution in [0.4, 0.5) is 0 Å². The Morgan fingerprint density at radius 2 is 0.714 bits per heavy atom. The second kappa shape index (κ2) is 36.2. The van der Waals surface area contributed by atoms with Crippen LogP contribution in [0.5, 0.6) is 0 Å². The minimum Gasteiger partial charge on any atom is -0.462 e. The summed E-state index contributed by atoms with van der Waals surface area (Å²) in [7, 11) is 0. The Kier molecular flexibility index (Phi) is 35.0. The molecule has 0 radical (unpaired) electrons. The zero-order valence-corrected chi connectivity index (χ0v) is 33.3. The number of hydrogen-bond acceptors (Lipinski definition) is 6. The van der Waals surface area contributed by atoms with E-state index >= 15 is 0 Å². The smallest absolute Gasteiger partial charge is 0.306 e. The van der Waals surface area contributed by atoms with E-state index in [4.69, 9.17) is 14.2 Å². The molecule has 0 aromatic carbocycles. The molecular formula is C43H82O6. The number of unbranched alkanes of at least 4 members (excludes halogenated alkanes) is 20. The summed E-state index contributed by atoms with van der Waals surface area (Å²) in [5.74, 6) is 0.813. The zero-order chi connectivity index (χ0) is 36.2. The molecule has 0 N–H and O–H groups in total. The fourth-order valence-electron chi connectivity index (χ4n) is 6.16. The fraction of sp³-hybridized carbons (Fsp3) is 0.930. The van der Waals surface area contributed by atoms with Crippen molar-refractivity contribution in [3.05, 3.63) is 0 Å². The maximum atomic E-state index is 12.6. The second-order valence-electron chi connectivity index (χ2n) is 15.1. The lowest BCUT2D eigenvalue weighted by molar-refractivity contribution is -0.167. The number of esters is 3. The summed E-state index contributed by atoms with van der Waals surface area (Å²) in [4.78, 5) is 37.5. The summed E-state index contributed by atoms with van der Waals surface area (Å²) in [6.45, 7) is 11.3. The summed E-state index contributed by atoms with van der Waals surface area (Å²) in [6.07, 6.45) is 32.4. The van der Waals surface area contributed by atoms with Gasteiger partial charge < -0.3 is 14.2 Å². The summed E-state index contributed by atoms with van der Waals surface area (Å²) in [5.41, 5.74) is 0. The molecule has 0 aliphatic heterocycles. The van der Waals surface area contributed by atoms with Crippen molar-refractivity contribution in [3.63, 3.8) is 0 Å². The van der Waals surface area contributed by atoms with Crippen LogP contribution in [-0.2, 0) is 28.6 Å². The van der Waals surface area contributed by atoms with Crippen molar-refractivity contribution < 1.29 is 28.6 Å². The van der Waals surface area contributed by atoms with Crippen molar-refractivity contribution in [1.29, 1.82) is 0 Å². The molecule has 0 spiro atoms. The number of carbonyl (C=O) groups is 3. The molecule has 0 aromatic rings. The SMILES string of the molecule is CCCCCCCCCC(=O)O[C@@H](COC(=O)CCCCCCCCCCCCC(C)CC)COC(=O)CCCCCCCCC(C)CC. The van der Waals surface area contributed by atoms with Crippen LogP contribution in [-0.4, -0.2) is 37.2 Å². The Hall–Kier alpha value is -1.59. The van der Waals surface area contributed by atoms with Gasteiger partial charge in [0.2, 0.25) is 0 Å². The van der Waals surface area contributed by atoms with E-state index in [1.807, 2.05) is 0 Å². The van der Waals surface area contributed by atoms with Gasteiger partial charge in [-0.05, 0) is 31.1 Å². The highest BCUT2D eigenvalue weighted by atomic mass is 16.6. The Balaban J connectivity index is 4.28. The first-order chi connectivity index (χ1) is 23.8. The predicted molar refractivity (Wildman–Crippen MR) is 206 cm³/mol. The molecule has 0 aliphatic carbocycles. The first-order valence-corrected chi connectivity index (χ1v) is 21.3. The van der Waals surface area contributed by atoms with Crippen LogP contribution in [0.1, 0.15) is 227 Å². The van der Waals surface area contributed by atoms with E-state index in [0.717, 1.165) is 69.6 Å². The molecule has 6 heteroatoms. The van der Waals surface area contributed by atoms with Crippen LogP contribution in [0.15, 0.2) is 0 Å². The van der Waals surface area contributed by atoms with Gasteiger partial charge in [-0.15, -0.1) is 0 Å². The molecule has 0 aliphatic rings. The highest BCUT2D eigenvalue weighted by Crippen LogP contribution is 2.17. The molecule has 0 aromatic heterocycles. The van der Waals surface area contributed by atoms with Crippen molar-refractivity contribution in [3.8, 4) is 0 Å². The van der Waals surface area contributed by atoms with Crippen molar-refractivity contribution >= 4 is 17.9 Å². The quantitative estimate of drug-likeness (QED) is 0.0366. The van der Waals surface area contributed by atoms with Gasteiger partial charge in [0.05, 0.1) is 0 Å². The average molecular weight is 695 g/mol. The highest BCUT2D eigenvalue weighted by molar-refractivity contribution is 5.71. The topological polar surface area (TPSA) is 78.9 Å². The van der Waals surface area contributed by atoms with E-state index in [-0.39, 0.29) is 31.1 Å². The molecule has 0 saturated heterocycles. The molecular weight excluding hydrogens is 612 g/mol. The Morgan fingerprint density at radius 3 is 1.06 bits per heavy atom. The highest BCUT2D eigenvalue weighted by Gasteiger charge is 2.19. The Labute approximate surface area is 304 Å². The lowest BCUT2D eigenvalue weighted by Crippen LogP contribution is -2.30. The molecule has 0 saturated carbocycles. The van der Waals surface area contributed by atoms with Gasteiger partial charge in [-0.2, -0.15) is 0 Å². The Morgan fingerprint density at radius 1 is 0.408 bits per heavy atom. The predicted octanol–water partition coefficient (Wildman–Crippen LogP) is 13.0. The van der Waals surface area contributed by atoms with E-state index in [0.29, 0.717) is 19.3 Å². The van der Waals surface area contributed by atoms with E-state index in [2.05, 4.69) is 34.6 Å². The number of rotatable bonds is 37.